The van der Waals surface area contributed by atoms with Gasteiger partial charge in [0, 0.05) is 54.1 Å². The molecule has 0 bridgehead atoms. The Balaban J connectivity index is 1.55. The molecule has 4 rings (SSSR count). The topological polar surface area (TPSA) is 63.7 Å². The summed E-state index contributed by atoms with van der Waals surface area (Å²) in [6.07, 6.45) is 6.01. The fraction of sp³-hybridized carbons (Fsp3) is 0.150. The van der Waals surface area contributed by atoms with E-state index in [2.05, 4.69) is 19.9 Å². The van der Waals surface area contributed by atoms with E-state index in [1.807, 2.05) is 24.4 Å². The number of rotatable bonds is 5. The molecule has 1 N–H and O–H groups in total. The van der Waals surface area contributed by atoms with E-state index in [1.54, 1.807) is 31.6 Å². The van der Waals surface area contributed by atoms with Gasteiger partial charge in [-0.25, -0.2) is 15.0 Å². The number of H-pyrrole nitrogens is 1. The maximum atomic E-state index is 14.5. The molecule has 0 aliphatic heterocycles. The summed E-state index contributed by atoms with van der Waals surface area (Å²) >= 11 is 6.02. The molecule has 0 unspecified atom stereocenters. The van der Waals surface area contributed by atoms with Crippen molar-refractivity contribution in [3.63, 3.8) is 0 Å². The van der Waals surface area contributed by atoms with Gasteiger partial charge in [0.15, 0.2) is 0 Å². The number of pyridine rings is 3. The number of fused-ring (bicyclic) bond motifs is 1. The number of methoxy groups -OCH3 is 1. The monoisotopic (exact) mass is 382 g/mol. The molecular formula is C20H16ClFN4O. The molecule has 4 heterocycles. The predicted octanol–water partition coefficient (Wildman–Crippen LogP) is 4.34. The second-order valence-corrected chi connectivity index (χ2v) is 6.61. The molecular weight excluding hydrogens is 367 g/mol. The standard InChI is InChI=1S/C20H16ClFN4O/c1-27-18-5-2-12(9-23-18)6-16-4-3-13(19(22)26-16)7-14-10-24-20-17(14)8-15(21)11-25-20/h2-5,8-11H,6-7H2,1H3,(H,24,25). The highest BCUT2D eigenvalue weighted by molar-refractivity contribution is 6.31. The van der Waals surface area contributed by atoms with Crippen LogP contribution in [0.4, 0.5) is 4.39 Å². The number of hydrogen-bond acceptors (Lipinski definition) is 4. The summed E-state index contributed by atoms with van der Waals surface area (Å²) in [6.45, 7) is 0. The smallest absolute Gasteiger partial charge is 0.216 e. The fourth-order valence-corrected chi connectivity index (χ4v) is 3.12. The molecule has 4 aromatic heterocycles. The van der Waals surface area contributed by atoms with Crippen molar-refractivity contribution in [2.24, 2.45) is 0 Å². The first-order chi connectivity index (χ1) is 13.1. The van der Waals surface area contributed by atoms with Crippen LogP contribution in [0.2, 0.25) is 5.02 Å². The Labute approximate surface area is 160 Å². The molecule has 0 amide bonds. The predicted molar refractivity (Wildman–Crippen MR) is 102 cm³/mol. The number of nitrogens with zero attached hydrogens (tertiary/aromatic N) is 3. The van der Waals surface area contributed by atoms with Crippen molar-refractivity contribution in [1.29, 1.82) is 0 Å². The molecule has 4 aromatic rings. The third kappa shape index (κ3) is 3.75. The molecule has 27 heavy (non-hydrogen) atoms. The zero-order valence-corrected chi connectivity index (χ0v) is 15.3. The van der Waals surface area contributed by atoms with Gasteiger partial charge in [-0.2, -0.15) is 4.39 Å². The summed E-state index contributed by atoms with van der Waals surface area (Å²) in [5.41, 5.74) is 3.76. The molecule has 7 heteroatoms. The van der Waals surface area contributed by atoms with Crippen LogP contribution in [0.15, 0.2) is 48.9 Å². The van der Waals surface area contributed by atoms with Gasteiger partial charge in [-0.3, -0.25) is 0 Å². The number of nitrogens with one attached hydrogen (secondary N) is 1. The van der Waals surface area contributed by atoms with Gasteiger partial charge in [-0.1, -0.05) is 23.7 Å². The van der Waals surface area contributed by atoms with Crippen LogP contribution < -0.4 is 4.74 Å². The zero-order valence-electron chi connectivity index (χ0n) is 14.5. The highest BCUT2D eigenvalue weighted by Crippen LogP contribution is 2.23. The number of aromatic nitrogens is 4. The van der Waals surface area contributed by atoms with Gasteiger partial charge in [0.25, 0.3) is 0 Å². The normalized spacial score (nSPS) is 11.1. The highest BCUT2D eigenvalue weighted by Gasteiger charge is 2.11. The largest absolute Gasteiger partial charge is 0.481 e. The van der Waals surface area contributed by atoms with Crippen LogP contribution >= 0.6 is 11.6 Å². The van der Waals surface area contributed by atoms with Gasteiger partial charge in [-0.05, 0) is 23.3 Å². The lowest BCUT2D eigenvalue weighted by Gasteiger charge is -2.06. The molecule has 0 aliphatic rings. The minimum Gasteiger partial charge on any atom is -0.481 e. The minimum atomic E-state index is -0.474. The SMILES string of the molecule is COc1ccc(Cc2ccc(Cc3c[nH]c4ncc(Cl)cc34)c(F)n2)cn1. The number of halogens is 2. The lowest BCUT2D eigenvalue weighted by Crippen LogP contribution is -2.00. The van der Waals surface area contributed by atoms with E-state index >= 15 is 0 Å². The zero-order chi connectivity index (χ0) is 18.8. The summed E-state index contributed by atoms with van der Waals surface area (Å²) in [4.78, 5) is 15.6. The first-order valence-electron chi connectivity index (χ1n) is 8.37. The van der Waals surface area contributed by atoms with Crippen LogP contribution in [0, 0.1) is 5.95 Å². The quantitative estimate of drug-likeness (QED) is 0.522. The number of aromatic amines is 1. The molecule has 0 radical (unpaired) electrons. The van der Waals surface area contributed by atoms with E-state index in [0.29, 0.717) is 35.0 Å². The molecule has 5 nitrogen and oxygen atoms in total. The molecule has 0 atom stereocenters. The van der Waals surface area contributed by atoms with E-state index in [-0.39, 0.29) is 0 Å². The average molecular weight is 383 g/mol. The van der Waals surface area contributed by atoms with E-state index in [0.717, 1.165) is 22.2 Å². The molecule has 0 spiro atoms. The molecule has 0 aliphatic carbocycles. The second kappa shape index (κ2) is 7.32. The second-order valence-electron chi connectivity index (χ2n) is 6.18. The van der Waals surface area contributed by atoms with Crippen LogP contribution in [0.3, 0.4) is 0 Å². The Morgan fingerprint density at radius 2 is 1.96 bits per heavy atom. The van der Waals surface area contributed by atoms with Crippen LogP contribution in [-0.4, -0.2) is 27.0 Å². The molecule has 0 saturated heterocycles. The third-order valence-electron chi connectivity index (χ3n) is 4.34. The average Bonchev–Trinajstić information content (AvgIpc) is 3.06. The van der Waals surface area contributed by atoms with Crippen LogP contribution in [0.5, 0.6) is 5.88 Å². The summed E-state index contributed by atoms with van der Waals surface area (Å²) in [5.74, 6) is 0.0693. The lowest BCUT2D eigenvalue weighted by molar-refractivity contribution is 0.397. The van der Waals surface area contributed by atoms with Crippen molar-refractivity contribution in [3.05, 3.63) is 82.3 Å². The highest BCUT2D eigenvalue weighted by atomic mass is 35.5. The maximum Gasteiger partial charge on any atom is 0.216 e. The number of hydrogen-bond donors (Lipinski definition) is 1. The molecule has 0 aromatic carbocycles. The Kier molecular flexibility index (Phi) is 4.73. The summed E-state index contributed by atoms with van der Waals surface area (Å²) in [5, 5.41) is 1.43. The lowest BCUT2D eigenvalue weighted by atomic mass is 10.1. The van der Waals surface area contributed by atoms with E-state index in [1.165, 1.54) is 0 Å². The maximum absolute atomic E-state index is 14.5. The Morgan fingerprint density at radius 1 is 1.07 bits per heavy atom. The van der Waals surface area contributed by atoms with Crippen LogP contribution in [0.25, 0.3) is 11.0 Å². The Bertz CT molecular complexity index is 1100. The molecule has 136 valence electrons. The third-order valence-corrected chi connectivity index (χ3v) is 4.55. The first-order valence-corrected chi connectivity index (χ1v) is 8.75. The van der Waals surface area contributed by atoms with Crippen LogP contribution in [-0.2, 0) is 12.8 Å². The van der Waals surface area contributed by atoms with Crippen molar-refractivity contribution in [3.8, 4) is 5.88 Å². The van der Waals surface area contributed by atoms with Crippen LogP contribution in [0.1, 0.15) is 22.4 Å². The molecule has 0 saturated carbocycles. The summed E-state index contributed by atoms with van der Waals surface area (Å²) in [7, 11) is 1.56. The Hall–Kier alpha value is -2.99. The Morgan fingerprint density at radius 3 is 2.70 bits per heavy atom. The van der Waals surface area contributed by atoms with Crippen molar-refractivity contribution in [2.45, 2.75) is 12.8 Å². The minimum absolute atomic E-state index is 0.408. The van der Waals surface area contributed by atoms with Gasteiger partial charge in [-0.15, -0.1) is 0 Å². The van der Waals surface area contributed by atoms with Crippen molar-refractivity contribution >= 4 is 22.6 Å². The van der Waals surface area contributed by atoms with Gasteiger partial charge < -0.3 is 9.72 Å². The van der Waals surface area contributed by atoms with Gasteiger partial charge >= 0.3 is 0 Å². The van der Waals surface area contributed by atoms with Crippen molar-refractivity contribution < 1.29 is 9.13 Å². The van der Waals surface area contributed by atoms with Gasteiger partial charge in [0.2, 0.25) is 11.8 Å². The van der Waals surface area contributed by atoms with Crippen molar-refractivity contribution in [1.82, 2.24) is 19.9 Å². The summed E-state index contributed by atoms with van der Waals surface area (Å²) < 4.78 is 19.6. The van der Waals surface area contributed by atoms with E-state index in [9.17, 15) is 4.39 Å². The first kappa shape index (κ1) is 17.4. The van der Waals surface area contributed by atoms with E-state index < -0.39 is 5.95 Å². The summed E-state index contributed by atoms with van der Waals surface area (Å²) in [6, 6.07) is 9.10. The molecule has 0 fully saturated rings. The fourth-order valence-electron chi connectivity index (χ4n) is 2.96. The van der Waals surface area contributed by atoms with Gasteiger partial charge in [0.05, 0.1) is 12.1 Å². The number of ether oxygens (including phenoxy) is 1. The van der Waals surface area contributed by atoms with E-state index in [4.69, 9.17) is 16.3 Å². The van der Waals surface area contributed by atoms with Crippen molar-refractivity contribution in [2.75, 3.05) is 7.11 Å². The van der Waals surface area contributed by atoms with Gasteiger partial charge in [0.1, 0.15) is 5.65 Å².